The minimum absolute atomic E-state index is 0.0744. The fourth-order valence-corrected chi connectivity index (χ4v) is 1.24. The molecule has 0 unspecified atom stereocenters. The van der Waals surface area contributed by atoms with E-state index in [1.54, 1.807) is 0 Å². The van der Waals surface area contributed by atoms with Gasteiger partial charge in [0.05, 0.1) is 6.10 Å². The van der Waals surface area contributed by atoms with Gasteiger partial charge in [-0.05, 0) is 31.7 Å². The molecule has 1 aliphatic carbocycles. The van der Waals surface area contributed by atoms with E-state index in [4.69, 9.17) is 13.1 Å². The zero-order valence-corrected chi connectivity index (χ0v) is 5.51. The van der Waals surface area contributed by atoms with Gasteiger partial charge >= 0.3 is 0 Å². The predicted molar refractivity (Wildman–Crippen MR) is 37.2 cm³/mol. The normalized spacial score (nSPS) is 36.6. The molecule has 1 fully saturated rings. The Hall–Kier alpha value is -0.0151. The van der Waals surface area contributed by atoms with E-state index in [1.165, 1.54) is 0 Å². The molecule has 0 aromatic rings. The average molecular weight is 125 g/mol. The van der Waals surface area contributed by atoms with Crippen LogP contribution in [0.2, 0.25) is 0 Å². The van der Waals surface area contributed by atoms with Gasteiger partial charge in [-0.15, -0.1) is 0 Å². The highest BCUT2D eigenvalue weighted by Crippen LogP contribution is 2.17. The number of rotatable bonds is 1. The number of aliphatic hydroxyl groups excluding tert-OH is 1. The zero-order valence-electron chi connectivity index (χ0n) is 5.51. The molecule has 2 N–H and O–H groups in total. The van der Waals surface area contributed by atoms with Crippen molar-refractivity contribution < 1.29 is 5.11 Å². The molecule has 0 saturated heterocycles. The second-order valence-corrected chi connectivity index (χ2v) is 2.67. The summed E-state index contributed by atoms with van der Waals surface area (Å²) in [5, 5.41) is 11.8. The maximum absolute atomic E-state index is 9.05. The first-order valence-corrected chi connectivity index (χ1v) is 3.47. The van der Waals surface area contributed by atoms with Crippen LogP contribution < -0.4 is 5.23 Å². The number of hydrogen-bond donors (Lipinski definition) is 2. The number of hydrogen-bond acceptors (Lipinski definition) is 2. The van der Waals surface area contributed by atoms with Gasteiger partial charge in [0.1, 0.15) is 0 Å². The SMILES string of the molecule is [B]NC1CCC(O)CC1. The fourth-order valence-electron chi connectivity index (χ4n) is 1.24. The van der Waals surface area contributed by atoms with E-state index in [1.807, 2.05) is 0 Å². The van der Waals surface area contributed by atoms with Crippen molar-refractivity contribution in [3.05, 3.63) is 0 Å². The molecule has 0 atom stereocenters. The van der Waals surface area contributed by atoms with Crippen LogP contribution in [0.15, 0.2) is 0 Å². The first-order chi connectivity index (χ1) is 4.33. The van der Waals surface area contributed by atoms with Gasteiger partial charge in [0, 0.05) is 0 Å². The Kier molecular flexibility index (Phi) is 2.55. The molecule has 2 radical (unpaired) electrons. The summed E-state index contributed by atoms with van der Waals surface area (Å²) in [4.78, 5) is 0. The van der Waals surface area contributed by atoms with Crippen LogP contribution in [0.25, 0.3) is 0 Å². The number of nitrogens with one attached hydrogen (secondary N) is 1. The Bertz CT molecular complexity index is 81.1. The van der Waals surface area contributed by atoms with Gasteiger partial charge in [0.15, 0.2) is 7.98 Å². The van der Waals surface area contributed by atoms with Gasteiger partial charge in [-0.2, -0.15) is 0 Å². The largest absolute Gasteiger partial charge is 0.393 e. The highest BCUT2D eigenvalue weighted by atomic mass is 16.3. The first kappa shape index (κ1) is 7.10. The van der Waals surface area contributed by atoms with Crippen molar-refractivity contribution in [3.8, 4) is 0 Å². The number of aliphatic hydroxyl groups is 1. The Morgan fingerprint density at radius 3 is 2.22 bits per heavy atom. The molecule has 0 aliphatic heterocycles. The second-order valence-electron chi connectivity index (χ2n) is 2.67. The summed E-state index contributed by atoms with van der Waals surface area (Å²) in [6.07, 6.45) is 3.74. The molecule has 3 heteroatoms. The van der Waals surface area contributed by atoms with Crippen molar-refractivity contribution in [1.82, 2.24) is 5.23 Å². The lowest BCUT2D eigenvalue weighted by Gasteiger charge is -2.24. The maximum Gasteiger partial charge on any atom is 0.178 e. The minimum atomic E-state index is -0.0744. The molecule has 0 aromatic carbocycles. The Labute approximate surface area is 57.1 Å². The summed E-state index contributed by atoms with van der Waals surface area (Å²) >= 11 is 0. The summed E-state index contributed by atoms with van der Waals surface area (Å²) in [5.41, 5.74) is 0. The van der Waals surface area contributed by atoms with Crippen LogP contribution in [0.4, 0.5) is 0 Å². The maximum atomic E-state index is 9.05. The van der Waals surface area contributed by atoms with E-state index in [2.05, 4.69) is 5.23 Å². The van der Waals surface area contributed by atoms with Crippen LogP contribution in [0.5, 0.6) is 0 Å². The van der Waals surface area contributed by atoms with Crippen molar-refractivity contribution in [2.24, 2.45) is 0 Å². The van der Waals surface area contributed by atoms with E-state index in [0.717, 1.165) is 25.7 Å². The smallest absolute Gasteiger partial charge is 0.178 e. The zero-order chi connectivity index (χ0) is 6.69. The van der Waals surface area contributed by atoms with Crippen molar-refractivity contribution in [2.45, 2.75) is 37.8 Å². The summed E-state index contributed by atoms with van der Waals surface area (Å²) in [7, 11) is 5.22. The summed E-state index contributed by atoms with van der Waals surface area (Å²) in [5.74, 6) is 0. The minimum Gasteiger partial charge on any atom is -0.393 e. The molecule has 2 nitrogen and oxygen atoms in total. The third-order valence-corrected chi connectivity index (χ3v) is 1.93. The fraction of sp³-hybridized carbons (Fsp3) is 1.00. The van der Waals surface area contributed by atoms with Crippen molar-refractivity contribution in [3.63, 3.8) is 0 Å². The predicted octanol–water partition coefficient (Wildman–Crippen LogP) is -0.0370. The van der Waals surface area contributed by atoms with E-state index < -0.39 is 0 Å². The molecule has 9 heavy (non-hydrogen) atoms. The van der Waals surface area contributed by atoms with Crippen molar-refractivity contribution in [2.75, 3.05) is 0 Å². The highest BCUT2D eigenvalue weighted by Gasteiger charge is 2.16. The van der Waals surface area contributed by atoms with Gasteiger partial charge in [-0.1, -0.05) is 0 Å². The quantitative estimate of drug-likeness (QED) is 0.482. The Balaban J connectivity index is 2.18. The van der Waals surface area contributed by atoms with E-state index in [0.29, 0.717) is 6.04 Å². The van der Waals surface area contributed by atoms with E-state index in [-0.39, 0.29) is 6.10 Å². The highest BCUT2D eigenvalue weighted by molar-refractivity contribution is 6.04. The summed E-state index contributed by atoms with van der Waals surface area (Å²) in [6, 6.07) is 0.438. The lowest BCUT2D eigenvalue weighted by Crippen LogP contribution is -2.32. The topological polar surface area (TPSA) is 32.3 Å². The van der Waals surface area contributed by atoms with E-state index >= 15 is 0 Å². The molecule has 0 amide bonds. The third-order valence-electron chi connectivity index (χ3n) is 1.93. The van der Waals surface area contributed by atoms with Crippen LogP contribution in [0.1, 0.15) is 25.7 Å². The van der Waals surface area contributed by atoms with Gasteiger partial charge in [-0.3, -0.25) is 0 Å². The summed E-state index contributed by atoms with van der Waals surface area (Å²) < 4.78 is 0. The molecule has 1 saturated carbocycles. The van der Waals surface area contributed by atoms with Gasteiger partial charge in [0.25, 0.3) is 0 Å². The van der Waals surface area contributed by atoms with E-state index in [9.17, 15) is 0 Å². The monoisotopic (exact) mass is 125 g/mol. The van der Waals surface area contributed by atoms with Gasteiger partial charge in [-0.25, -0.2) is 0 Å². The molecular formula is C6H12BNO. The molecule has 0 spiro atoms. The Morgan fingerprint density at radius 1 is 1.22 bits per heavy atom. The average Bonchev–Trinajstić information content (AvgIpc) is 1.90. The molecular weight excluding hydrogens is 113 g/mol. The lowest BCUT2D eigenvalue weighted by atomic mass is 9.92. The standard InChI is InChI=1S/C6H12BNO/c7-8-5-1-3-6(9)4-2-5/h5-6,8-9H,1-4H2. The van der Waals surface area contributed by atoms with Crippen molar-refractivity contribution in [1.29, 1.82) is 0 Å². The van der Waals surface area contributed by atoms with Crippen LogP contribution in [-0.4, -0.2) is 25.2 Å². The van der Waals surface area contributed by atoms with Crippen LogP contribution in [-0.2, 0) is 0 Å². The van der Waals surface area contributed by atoms with Gasteiger partial charge in [0.2, 0.25) is 0 Å². The lowest BCUT2D eigenvalue weighted by molar-refractivity contribution is 0.121. The summed E-state index contributed by atoms with van der Waals surface area (Å²) in [6.45, 7) is 0. The van der Waals surface area contributed by atoms with Crippen molar-refractivity contribution >= 4 is 7.98 Å². The molecule has 50 valence electrons. The molecule has 1 aliphatic rings. The molecule has 0 aromatic heterocycles. The Morgan fingerprint density at radius 2 is 1.78 bits per heavy atom. The van der Waals surface area contributed by atoms with Crippen LogP contribution in [0, 0.1) is 0 Å². The van der Waals surface area contributed by atoms with Crippen LogP contribution in [0.3, 0.4) is 0 Å². The molecule has 0 bridgehead atoms. The van der Waals surface area contributed by atoms with Gasteiger partial charge < -0.3 is 10.3 Å². The first-order valence-electron chi connectivity index (χ1n) is 3.47. The second kappa shape index (κ2) is 3.23. The third kappa shape index (κ3) is 1.99. The van der Waals surface area contributed by atoms with Crippen LogP contribution >= 0.6 is 0 Å². The molecule has 0 heterocycles. The molecule has 1 rings (SSSR count).